The smallest absolute Gasteiger partial charge is 0.244 e. The molecule has 2 aromatic carbocycles. The SMILES string of the molecule is COc1cccc(CN(C(=O)CN(c2cc(C)cc(C)c2)S(C)(=O)=O)[C@@H](C)C(=O)NCC(C)C)c1. The quantitative estimate of drug-likeness (QED) is 0.508. The maximum absolute atomic E-state index is 13.6. The van der Waals surface area contributed by atoms with Gasteiger partial charge in [0.05, 0.1) is 19.1 Å². The minimum absolute atomic E-state index is 0.122. The van der Waals surface area contributed by atoms with Gasteiger partial charge in [-0.05, 0) is 67.6 Å². The average molecular weight is 504 g/mol. The topological polar surface area (TPSA) is 96.0 Å². The number of sulfonamides is 1. The number of amides is 2. The standard InChI is InChI=1S/C26H37N3O5S/c1-18(2)15-27-26(31)21(5)28(16-22-9-8-10-24(14-22)34-6)25(30)17-29(35(7,32)33)23-12-19(3)11-20(4)13-23/h8-14,18,21H,15-17H2,1-7H3,(H,27,31)/t21-/m0/s1. The molecule has 2 aromatic rings. The first-order valence-corrected chi connectivity index (χ1v) is 13.4. The number of rotatable bonds is 11. The Labute approximate surface area is 209 Å². The minimum atomic E-state index is -3.77. The number of carbonyl (C=O) groups is 2. The average Bonchev–Trinajstić information content (AvgIpc) is 2.77. The van der Waals surface area contributed by atoms with Gasteiger partial charge in [-0.25, -0.2) is 8.42 Å². The van der Waals surface area contributed by atoms with Crippen molar-refractivity contribution in [2.45, 2.75) is 47.2 Å². The van der Waals surface area contributed by atoms with E-state index in [0.29, 0.717) is 18.0 Å². The maximum atomic E-state index is 13.6. The van der Waals surface area contributed by atoms with Crippen LogP contribution in [-0.2, 0) is 26.2 Å². The highest BCUT2D eigenvalue weighted by Gasteiger charge is 2.30. The molecule has 0 radical (unpaired) electrons. The Bertz CT molecular complexity index is 1130. The van der Waals surface area contributed by atoms with Crippen molar-refractivity contribution in [2.24, 2.45) is 5.92 Å². The number of anilines is 1. The summed E-state index contributed by atoms with van der Waals surface area (Å²) in [6.45, 7) is 9.53. The van der Waals surface area contributed by atoms with E-state index in [9.17, 15) is 18.0 Å². The zero-order valence-electron chi connectivity index (χ0n) is 21.7. The van der Waals surface area contributed by atoms with Crippen molar-refractivity contribution < 1.29 is 22.7 Å². The highest BCUT2D eigenvalue weighted by molar-refractivity contribution is 7.92. The molecule has 35 heavy (non-hydrogen) atoms. The van der Waals surface area contributed by atoms with Gasteiger partial charge in [-0.3, -0.25) is 13.9 Å². The molecule has 1 N–H and O–H groups in total. The van der Waals surface area contributed by atoms with Gasteiger partial charge in [-0.2, -0.15) is 0 Å². The Hall–Kier alpha value is -3.07. The Morgan fingerprint density at radius 2 is 1.66 bits per heavy atom. The van der Waals surface area contributed by atoms with E-state index in [-0.39, 0.29) is 18.4 Å². The molecule has 0 aromatic heterocycles. The first kappa shape index (κ1) is 28.2. The Kier molecular flexibility index (Phi) is 9.71. The molecular formula is C26H37N3O5S. The lowest BCUT2D eigenvalue weighted by atomic mass is 10.1. The van der Waals surface area contributed by atoms with Gasteiger partial charge in [0, 0.05) is 13.1 Å². The van der Waals surface area contributed by atoms with Crippen LogP contribution in [0.1, 0.15) is 37.5 Å². The van der Waals surface area contributed by atoms with Crippen LogP contribution in [-0.4, -0.2) is 57.6 Å². The molecule has 0 spiro atoms. The molecule has 9 heteroatoms. The Balaban J connectivity index is 2.41. The summed E-state index contributed by atoms with van der Waals surface area (Å²) in [7, 11) is -2.21. The second-order valence-corrected chi connectivity index (χ2v) is 11.2. The van der Waals surface area contributed by atoms with E-state index >= 15 is 0 Å². The van der Waals surface area contributed by atoms with E-state index in [4.69, 9.17) is 4.74 Å². The van der Waals surface area contributed by atoms with Crippen LogP contribution in [0.5, 0.6) is 5.75 Å². The predicted octanol–water partition coefficient (Wildman–Crippen LogP) is 3.27. The summed E-state index contributed by atoms with van der Waals surface area (Å²) in [4.78, 5) is 27.9. The molecule has 0 aliphatic carbocycles. The summed E-state index contributed by atoms with van der Waals surface area (Å²) in [5.74, 6) is 0.0932. The van der Waals surface area contributed by atoms with Crippen LogP contribution in [0, 0.1) is 19.8 Å². The summed E-state index contributed by atoms with van der Waals surface area (Å²) in [6.07, 6.45) is 1.07. The van der Waals surface area contributed by atoms with E-state index in [0.717, 1.165) is 27.3 Å². The number of ether oxygens (including phenoxy) is 1. The third-order valence-electron chi connectivity index (χ3n) is 5.51. The van der Waals surface area contributed by atoms with Gasteiger partial charge in [-0.15, -0.1) is 0 Å². The van der Waals surface area contributed by atoms with Crippen LogP contribution in [0.3, 0.4) is 0 Å². The number of nitrogens with one attached hydrogen (secondary N) is 1. The number of benzene rings is 2. The van der Waals surface area contributed by atoms with Crippen LogP contribution < -0.4 is 14.4 Å². The summed E-state index contributed by atoms with van der Waals surface area (Å²) >= 11 is 0. The lowest BCUT2D eigenvalue weighted by Crippen LogP contribution is -2.51. The fourth-order valence-corrected chi connectivity index (χ4v) is 4.54. The van der Waals surface area contributed by atoms with Gasteiger partial charge in [0.2, 0.25) is 21.8 Å². The van der Waals surface area contributed by atoms with Crippen LogP contribution in [0.2, 0.25) is 0 Å². The van der Waals surface area contributed by atoms with Gasteiger partial charge >= 0.3 is 0 Å². The van der Waals surface area contributed by atoms with Crippen molar-refractivity contribution >= 4 is 27.5 Å². The van der Waals surface area contributed by atoms with Crippen LogP contribution >= 0.6 is 0 Å². The van der Waals surface area contributed by atoms with Gasteiger partial charge in [-0.1, -0.05) is 32.0 Å². The highest BCUT2D eigenvalue weighted by atomic mass is 32.2. The number of nitrogens with zero attached hydrogens (tertiary/aromatic N) is 2. The zero-order valence-corrected chi connectivity index (χ0v) is 22.5. The molecular weight excluding hydrogens is 466 g/mol. The maximum Gasteiger partial charge on any atom is 0.244 e. The van der Waals surface area contributed by atoms with Gasteiger partial charge in [0.1, 0.15) is 18.3 Å². The number of hydrogen-bond donors (Lipinski definition) is 1. The molecule has 8 nitrogen and oxygen atoms in total. The molecule has 0 aliphatic rings. The van der Waals surface area contributed by atoms with Crippen LogP contribution in [0.15, 0.2) is 42.5 Å². The van der Waals surface area contributed by atoms with Gasteiger partial charge < -0.3 is 15.0 Å². The second kappa shape index (κ2) is 12.1. The van der Waals surface area contributed by atoms with E-state index in [1.807, 2.05) is 39.8 Å². The van der Waals surface area contributed by atoms with E-state index in [1.54, 1.807) is 44.4 Å². The molecule has 192 valence electrons. The first-order valence-electron chi connectivity index (χ1n) is 11.6. The fraction of sp³-hybridized carbons (Fsp3) is 0.462. The molecule has 2 rings (SSSR count). The third kappa shape index (κ3) is 8.28. The molecule has 0 unspecified atom stereocenters. The fourth-order valence-electron chi connectivity index (χ4n) is 3.71. The van der Waals surface area contributed by atoms with Crippen molar-refractivity contribution in [1.82, 2.24) is 10.2 Å². The summed E-state index contributed by atoms with van der Waals surface area (Å²) in [5, 5.41) is 2.87. The first-order chi connectivity index (χ1) is 16.3. The lowest BCUT2D eigenvalue weighted by Gasteiger charge is -2.32. The molecule has 0 saturated carbocycles. The normalized spacial score (nSPS) is 12.2. The van der Waals surface area contributed by atoms with Crippen molar-refractivity contribution in [1.29, 1.82) is 0 Å². The predicted molar refractivity (Wildman–Crippen MR) is 139 cm³/mol. The van der Waals surface area contributed by atoms with E-state index < -0.39 is 28.5 Å². The van der Waals surface area contributed by atoms with Crippen molar-refractivity contribution in [3.05, 3.63) is 59.2 Å². The summed E-state index contributed by atoms with van der Waals surface area (Å²) < 4.78 is 31.8. The monoisotopic (exact) mass is 503 g/mol. The number of methoxy groups -OCH3 is 1. The highest BCUT2D eigenvalue weighted by Crippen LogP contribution is 2.23. The second-order valence-electron chi connectivity index (χ2n) is 9.30. The Morgan fingerprint density at radius 1 is 1.03 bits per heavy atom. The molecule has 0 fully saturated rings. The molecule has 0 heterocycles. The Morgan fingerprint density at radius 3 is 2.20 bits per heavy atom. The van der Waals surface area contributed by atoms with Gasteiger partial charge in [0.15, 0.2) is 0 Å². The van der Waals surface area contributed by atoms with Crippen molar-refractivity contribution in [3.8, 4) is 5.75 Å². The largest absolute Gasteiger partial charge is 0.497 e. The molecule has 0 bridgehead atoms. The molecule has 1 atom stereocenters. The molecule has 0 aliphatic heterocycles. The number of hydrogen-bond acceptors (Lipinski definition) is 5. The van der Waals surface area contributed by atoms with E-state index in [2.05, 4.69) is 5.32 Å². The summed E-state index contributed by atoms with van der Waals surface area (Å²) in [6, 6.07) is 11.8. The zero-order chi connectivity index (χ0) is 26.3. The minimum Gasteiger partial charge on any atom is -0.497 e. The molecule has 0 saturated heterocycles. The van der Waals surface area contributed by atoms with Crippen LogP contribution in [0.25, 0.3) is 0 Å². The number of aryl methyl sites for hydroxylation is 2. The summed E-state index contributed by atoms with van der Waals surface area (Å²) in [5.41, 5.74) is 2.95. The third-order valence-corrected chi connectivity index (χ3v) is 6.65. The number of carbonyl (C=O) groups excluding carboxylic acids is 2. The van der Waals surface area contributed by atoms with E-state index in [1.165, 1.54) is 4.90 Å². The van der Waals surface area contributed by atoms with Gasteiger partial charge in [0.25, 0.3) is 0 Å². The van der Waals surface area contributed by atoms with Crippen molar-refractivity contribution in [2.75, 3.05) is 30.8 Å². The molecule has 2 amide bonds. The lowest BCUT2D eigenvalue weighted by molar-refractivity contribution is -0.139. The van der Waals surface area contributed by atoms with Crippen molar-refractivity contribution in [3.63, 3.8) is 0 Å². The van der Waals surface area contributed by atoms with Crippen LogP contribution in [0.4, 0.5) is 5.69 Å².